The van der Waals surface area contributed by atoms with Gasteiger partial charge in [0.25, 0.3) is 10.0 Å². The predicted molar refractivity (Wildman–Crippen MR) is 121 cm³/mol. The number of sulfonamides is 1. The number of aliphatic carboxylic acids is 1. The summed E-state index contributed by atoms with van der Waals surface area (Å²) in [5.74, 6) is -3.27. The molecule has 1 saturated heterocycles. The highest BCUT2D eigenvalue weighted by atomic mass is 32.2. The minimum atomic E-state index is -3.98. The number of nitrogens with zero attached hydrogens (tertiary/aromatic N) is 3. The molecule has 196 valence electrons. The Morgan fingerprint density at radius 3 is 2.51 bits per heavy atom. The predicted octanol–water partition coefficient (Wildman–Crippen LogP) is -1.82. The van der Waals surface area contributed by atoms with E-state index in [9.17, 15) is 27.6 Å². The second-order valence-electron chi connectivity index (χ2n) is 8.80. The van der Waals surface area contributed by atoms with Crippen LogP contribution in [0.25, 0.3) is 0 Å². The molecule has 0 bridgehead atoms. The molecule has 0 saturated carbocycles. The molecule has 0 aliphatic carbocycles. The summed E-state index contributed by atoms with van der Waals surface area (Å²) < 4.78 is 34.2. The van der Waals surface area contributed by atoms with E-state index in [-0.39, 0.29) is 36.8 Å². The Labute approximate surface area is 203 Å². The molecule has 0 aromatic carbocycles. The third-order valence-corrected chi connectivity index (χ3v) is 6.73. The summed E-state index contributed by atoms with van der Waals surface area (Å²) in [4.78, 5) is 53.4. The Morgan fingerprint density at radius 2 is 1.97 bits per heavy atom. The van der Waals surface area contributed by atoms with Crippen molar-refractivity contribution in [3.63, 3.8) is 0 Å². The molecule has 1 aromatic heterocycles. The lowest BCUT2D eigenvalue weighted by Crippen LogP contribution is -2.60. The van der Waals surface area contributed by atoms with Gasteiger partial charge < -0.3 is 30.4 Å². The lowest BCUT2D eigenvalue weighted by molar-refractivity contribution is -0.150. The highest BCUT2D eigenvalue weighted by Crippen LogP contribution is 2.21. The van der Waals surface area contributed by atoms with Crippen LogP contribution in [0.3, 0.4) is 0 Å². The average Bonchev–Trinajstić information content (AvgIpc) is 3.19. The number of imidazole rings is 1. The Bertz CT molecular complexity index is 1040. The van der Waals surface area contributed by atoms with Crippen molar-refractivity contribution < 1.29 is 37.4 Å². The zero-order valence-electron chi connectivity index (χ0n) is 19.8. The van der Waals surface area contributed by atoms with E-state index in [2.05, 4.69) is 15.0 Å². The molecule has 0 radical (unpaired) electrons. The molecule has 14 nitrogen and oxygen atoms in total. The number of carbonyl (C=O) groups excluding carboxylic acids is 3. The Kier molecular flexibility index (Phi) is 9.73. The third-order valence-electron chi connectivity index (χ3n) is 5.32. The minimum Gasteiger partial charge on any atom is -0.480 e. The number of aromatic nitrogens is 2. The summed E-state index contributed by atoms with van der Waals surface area (Å²) in [6, 6.07) is -2.83. The van der Waals surface area contributed by atoms with Gasteiger partial charge in [-0.1, -0.05) is 13.8 Å². The van der Waals surface area contributed by atoms with Crippen molar-refractivity contribution in [1.82, 2.24) is 24.5 Å². The standard InChI is InChI=1S/C20H32N6O8S/c1-12(2)6-14(19(21)30)23-20(31)15-7-13(24-35(32,33)16-8-25(3)11-22-16)4-5-26(15)17(27)9-34-10-18(28)29/h8,11-15,24H,4-7,9-10H2,1-3H3,(H2,21,30)(H,23,31)(H,28,29)/t13-,14+,15-/m0/s1. The summed E-state index contributed by atoms with van der Waals surface area (Å²) in [6.07, 6.45) is 3.04. The fourth-order valence-electron chi connectivity index (χ4n) is 3.72. The van der Waals surface area contributed by atoms with Gasteiger partial charge >= 0.3 is 5.97 Å². The number of carbonyl (C=O) groups is 4. The number of rotatable bonds is 12. The van der Waals surface area contributed by atoms with Crippen molar-refractivity contribution in [3.05, 3.63) is 12.5 Å². The molecule has 5 N–H and O–H groups in total. The van der Waals surface area contributed by atoms with Crippen molar-refractivity contribution >= 4 is 33.7 Å². The van der Waals surface area contributed by atoms with Crippen LogP contribution >= 0.6 is 0 Å². The number of primary amides is 1. The Hall–Kier alpha value is -3.04. The lowest BCUT2D eigenvalue weighted by atomic mass is 9.96. The van der Waals surface area contributed by atoms with Gasteiger partial charge in [-0.3, -0.25) is 14.4 Å². The molecule has 1 aliphatic heterocycles. The summed E-state index contributed by atoms with van der Waals surface area (Å²) in [6.45, 7) is 2.42. The van der Waals surface area contributed by atoms with Gasteiger partial charge in [-0.25, -0.2) is 22.9 Å². The molecule has 1 aromatic rings. The van der Waals surface area contributed by atoms with Gasteiger partial charge in [0.15, 0.2) is 5.03 Å². The van der Waals surface area contributed by atoms with Crippen molar-refractivity contribution in [2.75, 3.05) is 19.8 Å². The van der Waals surface area contributed by atoms with Crippen LogP contribution in [-0.2, 0) is 41.0 Å². The zero-order valence-corrected chi connectivity index (χ0v) is 20.7. The smallest absolute Gasteiger partial charge is 0.329 e. The van der Waals surface area contributed by atoms with Crippen molar-refractivity contribution in [3.8, 4) is 0 Å². The highest BCUT2D eigenvalue weighted by molar-refractivity contribution is 7.89. The second kappa shape index (κ2) is 12.1. The van der Waals surface area contributed by atoms with E-state index in [0.717, 1.165) is 0 Å². The maximum absolute atomic E-state index is 13.1. The van der Waals surface area contributed by atoms with Crippen LogP contribution in [0.2, 0.25) is 0 Å². The van der Waals surface area contributed by atoms with Crippen molar-refractivity contribution in [2.45, 2.75) is 56.3 Å². The number of aryl methyl sites for hydroxylation is 1. The fourth-order valence-corrected chi connectivity index (χ4v) is 4.99. The van der Waals surface area contributed by atoms with E-state index in [0.29, 0.717) is 0 Å². The number of hydrogen-bond acceptors (Lipinski definition) is 8. The minimum absolute atomic E-state index is 0.00578. The Morgan fingerprint density at radius 1 is 1.29 bits per heavy atom. The molecule has 2 rings (SSSR count). The SMILES string of the molecule is CC(C)C[C@@H](NC(=O)[C@@H]1C[C@@H](NS(=O)(=O)c2cn(C)cn2)CCN1C(=O)COCC(=O)O)C(N)=O. The van der Waals surface area contributed by atoms with E-state index in [1.54, 1.807) is 7.05 Å². The molecule has 1 fully saturated rings. The first-order valence-electron chi connectivity index (χ1n) is 11.0. The number of nitrogens with two attached hydrogens (primary N) is 1. The van der Waals surface area contributed by atoms with Gasteiger partial charge in [0, 0.05) is 25.8 Å². The first-order chi connectivity index (χ1) is 16.3. The number of piperidine rings is 1. The normalized spacial score (nSPS) is 19.4. The van der Waals surface area contributed by atoms with Gasteiger partial charge in [-0.15, -0.1) is 0 Å². The second-order valence-corrected chi connectivity index (χ2v) is 10.5. The number of nitrogens with one attached hydrogen (secondary N) is 2. The molecule has 35 heavy (non-hydrogen) atoms. The van der Waals surface area contributed by atoms with E-state index in [1.807, 2.05) is 13.8 Å². The maximum Gasteiger partial charge on any atom is 0.329 e. The number of carboxylic acid groups (broad SMARTS) is 1. The molecule has 0 unspecified atom stereocenters. The van der Waals surface area contributed by atoms with Crippen LogP contribution < -0.4 is 15.8 Å². The molecule has 2 heterocycles. The maximum atomic E-state index is 13.1. The van der Waals surface area contributed by atoms with Crippen LogP contribution in [-0.4, -0.2) is 89.6 Å². The van der Waals surface area contributed by atoms with E-state index in [1.165, 1.54) is 22.0 Å². The summed E-state index contributed by atoms with van der Waals surface area (Å²) in [5, 5.41) is 11.1. The van der Waals surface area contributed by atoms with E-state index >= 15 is 0 Å². The Balaban J connectivity index is 2.20. The summed E-state index contributed by atoms with van der Waals surface area (Å²) >= 11 is 0. The molecule has 3 atom stereocenters. The van der Waals surface area contributed by atoms with Gasteiger partial charge in [0.1, 0.15) is 25.3 Å². The van der Waals surface area contributed by atoms with E-state index < -0.39 is 65.1 Å². The van der Waals surface area contributed by atoms with Gasteiger partial charge in [0.05, 0.1) is 6.33 Å². The molecular formula is C20H32N6O8S. The molecule has 15 heteroatoms. The average molecular weight is 517 g/mol. The van der Waals surface area contributed by atoms with Crippen LogP contribution in [0.4, 0.5) is 0 Å². The highest BCUT2D eigenvalue weighted by Gasteiger charge is 2.39. The summed E-state index contributed by atoms with van der Waals surface area (Å²) in [7, 11) is -2.36. The molecule has 3 amide bonds. The first kappa shape index (κ1) is 28.2. The van der Waals surface area contributed by atoms with Crippen LogP contribution in [0.15, 0.2) is 17.6 Å². The number of carboxylic acids is 1. The van der Waals surface area contributed by atoms with Crippen molar-refractivity contribution in [1.29, 1.82) is 0 Å². The summed E-state index contributed by atoms with van der Waals surface area (Å²) in [5.41, 5.74) is 5.42. The number of likely N-dealkylation sites (tertiary alicyclic amines) is 1. The molecule has 0 spiro atoms. The third kappa shape index (κ3) is 8.29. The monoisotopic (exact) mass is 516 g/mol. The topological polar surface area (TPSA) is 203 Å². The van der Waals surface area contributed by atoms with Crippen LogP contribution in [0, 0.1) is 5.92 Å². The van der Waals surface area contributed by atoms with Crippen molar-refractivity contribution in [2.24, 2.45) is 18.7 Å². The van der Waals surface area contributed by atoms with Gasteiger partial charge in [-0.2, -0.15) is 0 Å². The van der Waals surface area contributed by atoms with Gasteiger partial charge in [-0.05, 0) is 25.2 Å². The number of hydrogen-bond donors (Lipinski definition) is 4. The molecular weight excluding hydrogens is 484 g/mol. The fraction of sp³-hybridized carbons (Fsp3) is 0.650. The van der Waals surface area contributed by atoms with E-state index in [4.69, 9.17) is 15.6 Å². The quantitative estimate of drug-likeness (QED) is 0.246. The largest absolute Gasteiger partial charge is 0.480 e. The molecule has 1 aliphatic rings. The number of amides is 3. The van der Waals surface area contributed by atoms with Crippen LogP contribution in [0.1, 0.15) is 33.1 Å². The van der Waals surface area contributed by atoms with Gasteiger partial charge in [0.2, 0.25) is 17.7 Å². The number of ether oxygens (including phenoxy) is 1. The first-order valence-corrected chi connectivity index (χ1v) is 12.5. The zero-order chi connectivity index (χ0) is 26.3. The lowest BCUT2D eigenvalue weighted by Gasteiger charge is -2.39. The van der Waals surface area contributed by atoms with Crippen LogP contribution in [0.5, 0.6) is 0 Å².